The van der Waals surface area contributed by atoms with Crippen molar-refractivity contribution in [2.75, 3.05) is 25.6 Å². The summed E-state index contributed by atoms with van der Waals surface area (Å²) in [6.45, 7) is 1.45. The zero-order valence-electron chi connectivity index (χ0n) is 13.0. The molecule has 0 amide bonds. The molecule has 23 heavy (non-hydrogen) atoms. The first kappa shape index (κ1) is 15.6. The Hall–Kier alpha value is -2.25. The van der Waals surface area contributed by atoms with E-state index in [0.29, 0.717) is 6.61 Å². The molecule has 7 heteroatoms. The van der Waals surface area contributed by atoms with E-state index in [1.54, 1.807) is 7.11 Å². The van der Waals surface area contributed by atoms with Crippen LogP contribution in [0.15, 0.2) is 42.7 Å². The minimum atomic E-state index is 0.648. The third kappa shape index (κ3) is 4.37. The van der Waals surface area contributed by atoms with Gasteiger partial charge in [0.2, 0.25) is 5.13 Å². The zero-order valence-corrected chi connectivity index (χ0v) is 13.8. The van der Waals surface area contributed by atoms with Crippen LogP contribution in [0.3, 0.4) is 0 Å². The van der Waals surface area contributed by atoms with Gasteiger partial charge in [-0.25, -0.2) is 9.67 Å². The van der Waals surface area contributed by atoms with Crippen molar-refractivity contribution < 1.29 is 4.74 Å². The molecule has 1 N–H and O–H groups in total. The summed E-state index contributed by atoms with van der Waals surface area (Å²) in [7, 11) is 1.68. The molecule has 6 nitrogen and oxygen atoms in total. The molecule has 3 aromatic rings. The fourth-order valence-corrected chi connectivity index (χ4v) is 2.78. The van der Waals surface area contributed by atoms with Crippen LogP contribution in [0, 0.1) is 0 Å². The van der Waals surface area contributed by atoms with Gasteiger partial charge in [-0.3, -0.25) is 0 Å². The van der Waals surface area contributed by atoms with E-state index >= 15 is 0 Å². The smallest absolute Gasteiger partial charge is 0.202 e. The fourth-order valence-electron chi connectivity index (χ4n) is 2.15. The summed E-state index contributed by atoms with van der Waals surface area (Å²) >= 11 is 1.39. The summed E-state index contributed by atoms with van der Waals surface area (Å²) in [5.41, 5.74) is 2.25. The Morgan fingerprint density at radius 1 is 1.22 bits per heavy atom. The van der Waals surface area contributed by atoms with Crippen molar-refractivity contribution in [3.63, 3.8) is 0 Å². The van der Waals surface area contributed by atoms with Crippen molar-refractivity contribution in [2.45, 2.75) is 12.8 Å². The fraction of sp³-hybridized carbons (Fsp3) is 0.312. The Morgan fingerprint density at radius 3 is 2.91 bits per heavy atom. The SMILES string of the molecule is COCCc1nsc(NCCc2cnn(-c3ccccc3)c2)n1. The van der Waals surface area contributed by atoms with Crippen LogP contribution < -0.4 is 5.32 Å². The largest absolute Gasteiger partial charge is 0.384 e. The molecule has 0 aliphatic carbocycles. The molecule has 3 rings (SSSR count). The summed E-state index contributed by atoms with van der Waals surface area (Å²) in [6.07, 6.45) is 5.60. The molecule has 0 fully saturated rings. The second-order valence-electron chi connectivity index (χ2n) is 5.06. The van der Waals surface area contributed by atoms with Crippen molar-refractivity contribution in [3.05, 3.63) is 54.1 Å². The van der Waals surface area contributed by atoms with Crippen molar-refractivity contribution in [1.29, 1.82) is 0 Å². The van der Waals surface area contributed by atoms with Gasteiger partial charge in [-0.1, -0.05) is 18.2 Å². The normalized spacial score (nSPS) is 10.8. The van der Waals surface area contributed by atoms with Gasteiger partial charge in [0.15, 0.2) is 0 Å². The first-order chi connectivity index (χ1) is 11.3. The summed E-state index contributed by atoms with van der Waals surface area (Å²) in [4.78, 5) is 4.43. The Morgan fingerprint density at radius 2 is 2.09 bits per heavy atom. The van der Waals surface area contributed by atoms with E-state index < -0.39 is 0 Å². The van der Waals surface area contributed by atoms with Crippen LogP contribution in [0.25, 0.3) is 5.69 Å². The summed E-state index contributed by atoms with van der Waals surface area (Å²) in [6, 6.07) is 10.1. The zero-order chi connectivity index (χ0) is 15.9. The van der Waals surface area contributed by atoms with Gasteiger partial charge in [-0.15, -0.1) is 0 Å². The van der Waals surface area contributed by atoms with Crippen LogP contribution >= 0.6 is 11.5 Å². The van der Waals surface area contributed by atoms with E-state index in [4.69, 9.17) is 4.74 Å². The molecule has 0 atom stereocenters. The number of hydrogen-bond acceptors (Lipinski definition) is 6. The second kappa shape index (κ2) is 7.85. The molecule has 0 bridgehead atoms. The summed E-state index contributed by atoms with van der Waals surface area (Å²) in [5, 5.41) is 8.56. The lowest BCUT2D eigenvalue weighted by Crippen LogP contribution is -2.04. The van der Waals surface area contributed by atoms with E-state index in [2.05, 4.69) is 26.0 Å². The number of anilines is 1. The highest BCUT2D eigenvalue weighted by molar-refractivity contribution is 7.09. The van der Waals surface area contributed by atoms with Crippen LogP contribution in [0.4, 0.5) is 5.13 Å². The number of aromatic nitrogens is 4. The van der Waals surface area contributed by atoms with Crippen molar-refractivity contribution >= 4 is 16.7 Å². The minimum absolute atomic E-state index is 0.648. The molecule has 0 saturated heterocycles. The maximum absolute atomic E-state index is 5.03. The molecule has 2 heterocycles. The highest BCUT2D eigenvalue weighted by Gasteiger charge is 2.04. The van der Waals surface area contributed by atoms with Gasteiger partial charge >= 0.3 is 0 Å². The molecule has 0 saturated carbocycles. The Labute approximate surface area is 139 Å². The molecule has 2 aromatic heterocycles. The molecule has 0 aliphatic heterocycles. The highest BCUT2D eigenvalue weighted by atomic mass is 32.1. The van der Waals surface area contributed by atoms with Crippen molar-refractivity contribution in [1.82, 2.24) is 19.1 Å². The first-order valence-corrected chi connectivity index (χ1v) is 8.27. The van der Waals surface area contributed by atoms with Gasteiger partial charge in [0.05, 0.1) is 18.5 Å². The van der Waals surface area contributed by atoms with Gasteiger partial charge in [-0.2, -0.15) is 9.47 Å². The monoisotopic (exact) mass is 329 g/mol. The van der Waals surface area contributed by atoms with Gasteiger partial charge in [0.25, 0.3) is 0 Å². The number of nitrogens with one attached hydrogen (secondary N) is 1. The average Bonchev–Trinajstić information content (AvgIpc) is 3.23. The van der Waals surface area contributed by atoms with Crippen LogP contribution in [0.1, 0.15) is 11.4 Å². The molecular weight excluding hydrogens is 310 g/mol. The molecule has 1 aromatic carbocycles. The van der Waals surface area contributed by atoms with Gasteiger partial charge in [0, 0.05) is 37.8 Å². The molecular formula is C16H19N5OS. The predicted molar refractivity (Wildman–Crippen MR) is 91.2 cm³/mol. The quantitative estimate of drug-likeness (QED) is 0.688. The van der Waals surface area contributed by atoms with Crippen molar-refractivity contribution in [3.8, 4) is 5.69 Å². The lowest BCUT2D eigenvalue weighted by Gasteiger charge is -2.00. The first-order valence-electron chi connectivity index (χ1n) is 7.49. The number of hydrogen-bond donors (Lipinski definition) is 1. The second-order valence-corrected chi connectivity index (χ2v) is 5.82. The van der Waals surface area contributed by atoms with Gasteiger partial charge < -0.3 is 10.1 Å². The average molecular weight is 329 g/mol. The van der Waals surface area contributed by atoms with Gasteiger partial charge in [0.1, 0.15) is 5.82 Å². The number of rotatable bonds is 8. The van der Waals surface area contributed by atoms with Crippen molar-refractivity contribution in [2.24, 2.45) is 0 Å². The van der Waals surface area contributed by atoms with E-state index in [1.165, 1.54) is 17.1 Å². The molecule has 0 aliphatic rings. The topological polar surface area (TPSA) is 64.9 Å². The Kier molecular flexibility index (Phi) is 5.33. The number of methoxy groups -OCH3 is 1. The van der Waals surface area contributed by atoms with E-state index in [0.717, 1.165) is 36.0 Å². The van der Waals surface area contributed by atoms with Crippen LogP contribution in [0.5, 0.6) is 0 Å². The van der Waals surface area contributed by atoms with Crippen LogP contribution in [-0.2, 0) is 17.6 Å². The highest BCUT2D eigenvalue weighted by Crippen LogP contribution is 2.12. The molecule has 0 unspecified atom stereocenters. The van der Waals surface area contributed by atoms with Crippen LogP contribution in [0.2, 0.25) is 0 Å². The number of para-hydroxylation sites is 1. The Bertz CT molecular complexity index is 725. The number of benzene rings is 1. The number of nitrogens with zero attached hydrogens (tertiary/aromatic N) is 4. The third-order valence-corrected chi connectivity index (χ3v) is 4.06. The predicted octanol–water partition coefficient (Wildman–Crippen LogP) is 2.57. The minimum Gasteiger partial charge on any atom is -0.384 e. The lowest BCUT2D eigenvalue weighted by molar-refractivity contribution is 0.201. The maximum Gasteiger partial charge on any atom is 0.202 e. The molecule has 0 radical (unpaired) electrons. The third-order valence-electron chi connectivity index (χ3n) is 3.34. The van der Waals surface area contributed by atoms with Crippen LogP contribution in [-0.4, -0.2) is 39.4 Å². The van der Waals surface area contributed by atoms with E-state index in [9.17, 15) is 0 Å². The lowest BCUT2D eigenvalue weighted by atomic mass is 10.2. The summed E-state index contributed by atoms with van der Waals surface area (Å²) in [5.74, 6) is 0.830. The number of ether oxygens (including phenoxy) is 1. The summed E-state index contributed by atoms with van der Waals surface area (Å²) < 4.78 is 11.2. The maximum atomic E-state index is 5.03. The molecule has 120 valence electrons. The molecule has 0 spiro atoms. The standard InChI is InChI=1S/C16H19N5OS/c1-22-10-8-15-19-16(23-20-15)17-9-7-13-11-18-21(12-13)14-5-3-2-4-6-14/h2-6,11-12H,7-10H2,1H3,(H,17,19,20). The Balaban J connectivity index is 1.49. The van der Waals surface area contributed by atoms with Gasteiger partial charge in [-0.05, 0) is 24.1 Å². The van der Waals surface area contributed by atoms with E-state index in [1.807, 2.05) is 41.2 Å². The van der Waals surface area contributed by atoms with E-state index in [-0.39, 0.29) is 0 Å².